The molecule has 1 aliphatic rings. The third kappa shape index (κ3) is 4.39. The quantitative estimate of drug-likeness (QED) is 0.735. The minimum absolute atomic E-state index is 0.0672. The summed E-state index contributed by atoms with van der Waals surface area (Å²) < 4.78 is 16.1. The number of nitrogens with zero attached hydrogens (tertiary/aromatic N) is 4. The van der Waals surface area contributed by atoms with Crippen molar-refractivity contribution in [2.45, 2.75) is 32.9 Å². The zero-order valence-electron chi connectivity index (χ0n) is 16.4. The van der Waals surface area contributed by atoms with E-state index in [9.17, 15) is 4.79 Å². The van der Waals surface area contributed by atoms with Gasteiger partial charge in [0.25, 0.3) is 0 Å². The summed E-state index contributed by atoms with van der Waals surface area (Å²) in [5, 5.41) is 3.98. The average Bonchev–Trinajstić information content (AvgIpc) is 3.22. The summed E-state index contributed by atoms with van der Waals surface area (Å²) in [6.45, 7) is 4.66. The van der Waals surface area contributed by atoms with E-state index in [0.717, 1.165) is 12.0 Å². The van der Waals surface area contributed by atoms with Crippen LogP contribution in [0.2, 0.25) is 0 Å². The molecule has 146 valence electrons. The van der Waals surface area contributed by atoms with Gasteiger partial charge in [0.05, 0.1) is 6.54 Å². The Morgan fingerprint density at radius 2 is 1.93 bits per heavy atom. The standard InChI is InChI=1S/C19H26N4O4/c1-12(2)8-16-20-17(27-21-16)10-23(5)19(24)18(22(3)4)13-6-7-14-15(9-13)26-11-25-14/h6-7,9,12,18H,8,10-11H2,1-5H3/t18-/m0/s1. The van der Waals surface area contributed by atoms with Gasteiger partial charge < -0.3 is 18.9 Å². The van der Waals surface area contributed by atoms with Gasteiger partial charge in [-0.05, 0) is 37.7 Å². The van der Waals surface area contributed by atoms with Gasteiger partial charge >= 0.3 is 0 Å². The van der Waals surface area contributed by atoms with Crippen LogP contribution in [-0.4, -0.2) is 53.8 Å². The van der Waals surface area contributed by atoms with Gasteiger partial charge in [-0.3, -0.25) is 9.69 Å². The van der Waals surface area contributed by atoms with Crippen LogP contribution in [-0.2, 0) is 17.8 Å². The Bertz CT molecular complexity index is 803. The van der Waals surface area contributed by atoms with Crippen LogP contribution < -0.4 is 9.47 Å². The molecule has 0 unspecified atom stereocenters. The van der Waals surface area contributed by atoms with Crippen molar-refractivity contribution < 1.29 is 18.8 Å². The fraction of sp³-hybridized carbons (Fsp3) is 0.526. The van der Waals surface area contributed by atoms with Crippen molar-refractivity contribution in [1.82, 2.24) is 19.9 Å². The van der Waals surface area contributed by atoms with E-state index in [1.807, 2.05) is 37.2 Å². The first kappa shape index (κ1) is 19.2. The monoisotopic (exact) mass is 374 g/mol. The van der Waals surface area contributed by atoms with Crippen molar-refractivity contribution in [3.63, 3.8) is 0 Å². The van der Waals surface area contributed by atoms with Crippen molar-refractivity contribution in [1.29, 1.82) is 0 Å². The van der Waals surface area contributed by atoms with Gasteiger partial charge in [-0.15, -0.1) is 0 Å². The predicted octanol–water partition coefficient (Wildman–Crippen LogP) is 2.26. The Hall–Kier alpha value is -2.61. The number of aromatic nitrogens is 2. The Morgan fingerprint density at radius 1 is 1.19 bits per heavy atom. The number of rotatable bonds is 7. The van der Waals surface area contributed by atoms with E-state index in [-0.39, 0.29) is 19.2 Å². The zero-order valence-corrected chi connectivity index (χ0v) is 16.4. The second-order valence-corrected chi connectivity index (χ2v) is 7.38. The normalized spacial score (nSPS) is 14.0. The molecule has 0 radical (unpaired) electrons. The summed E-state index contributed by atoms with van der Waals surface area (Å²) >= 11 is 0. The second kappa shape index (κ2) is 7.96. The molecule has 2 heterocycles. The summed E-state index contributed by atoms with van der Waals surface area (Å²) in [6, 6.07) is 5.11. The third-order valence-corrected chi connectivity index (χ3v) is 4.31. The zero-order chi connectivity index (χ0) is 19.6. The van der Waals surface area contributed by atoms with Gasteiger partial charge in [0.1, 0.15) is 6.04 Å². The molecule has 8 heteroatoms. The maximum Gasteiger partial charge on any atom is 0.246 e. The summed E-state index contributed by atoms with van der Waals surface area (Å²) in [5.41, 5.74) is 0.840. The Morgan fingerprint density at radius 3 is 2.63 bits per heavy atom. The molecule has 2 aromatic rings. The van der Waals surface area contributed by atoms with Crippen LogP contribution in [0.15, 0.2) is 22.7 Å². The molecule has 0 saturated heterocycles. The number of hydrogen-bond acceptors (Lipinski definition) is 7. The van der Waals surface area contributed by atoms with Gasteiger partial charge in [0.15, 0.2) is 17.3 Å². The SMILES string of the molecule is CC(C)Cc1noc(CN(C)C(=O)[C@H](c2ccc3c(c2)OCO3)N(C)C)n1. The smallest absolute Gasteiger partial charge is 0.246 e. The second-order valence-electron chi connectivity index (χ2n) is 7.38. The first-order valence-corrected chi connectivity index (χ1v) is 8.97. The van der Waals surface area contributed by atoms with E-state index in [0.29, 0.717) is 29.1 Å². The molecular weight excluding hydrogens is 348 g/mol. The van der Waals surface area contributed by atoms with Gasteiger partial charge in [-0.1, -0.05) is 25.1 Å². The maximum absolute atomic E-state index is 13.1. The van der Waals surface area contributed by atoms with Crippen molar-refractivity contribution in [3.05, 3.63) is 35.5 Å². The number of carbonyl (C=O) groups excluding carboxylic acids is 1. The molecule has 8 nitrogen and oxygen atoms in total. The number of hydrogen-bond donors (Lipinski definition) is 0. The topological polar surface area (TPSA) is 80.9 Å². The molecule has 1 amide bonds. The number of likely N-dealkylation sites (N-methyl/N-ethyl adjacent to an activating group) is 2. The first-order valence-electron chi connectivity index (χ1n) is 8.97. The van der Waals surface area contributed by atoms with E-state index in [2.05, 4.69) is 24.0 Å². The van der Waals surface area contributed by atoms with E-state index < -0.39 is 6.04 Å². The lowest BCUT2D eigenvalue weighted by Crippen LogP contribution is -2.38. The Balaban J connectivity index is 1.73. The minimum atomic E-state index is -0.456. The van der Waals surface area contributed by atoms with Crippen LogP contribution in [0, 0.1) is 5.92 Å². The molecule has 0 fully saturated rings. The fourth-order valence-corrected chi connectivity index (χ4v) is 3.04. The minimum Gasteiger partial charge on any atom is -0.454 e. The molecule has 3 rings (SSSR count). The Kier molecular flexibility index (Phi) is 5.65. The highest BCUT2D eigenvalue weighted by atomic mass is 16.7. The molecule has 0 saturated carbocycles. The lowest BCUT2D eigenvalue weighted by Gasteiger charge is -2.28. The summed E-state index contributed by atoms with van der Waals surface area (Å²) in [5.74, 6) is 2.83. The highest BCUT2D eigenvalue weighted by Crippen LogP contribution is 2.35. The van der Waals surface area contributed by atoms with Crippen molar-refractivity contribution in [2.24, 2.45) is 5.92 Å². The lowest BCUT2D eigenvalue weighted by molar-refractivity contribution is -0.135. The summed E-state index contributed by atoms with van der Waals surface area (Å²) in [4.78, 5) is 20.9. The highest BCUT2D eigenvalue weighted by Gasteiger charge is 2.28. The van der Waals surface area contributed by atoms with Crippen LogP contribution in [0.25, 0.3) is 0 Å². The van der Waals surface area contributed by atoms with Crippen molar-refractivity contribution in [3.8, 4) is 11.5 Å². The molecule has 0 N–H and O–H groups in total. The van der Waals surface area contributed by atoms with Gasteiger partial charge in [-0.2, -0.15) is 4.98 Å². The molecule has 1 aromatic heterocycles. The van der Waals surface area contributed by atoms with Crippen LogP contribution in [0.1, 0.15) is 37.2 Å². The van der Waals surface area contributed by atoms with Crippen LogP contribution in [0.4, 0.5) is 0 Å². The molecule has 1 aromatic carbocycles. The first-order chi connectivity index (χ1) is 12.8. The fourth-order valence-electron chi connectivity index (χ4n) is 3.04. The molecule has 27 heavy (non-hydrogen) atoms. The van der Waals surface area contributed by atoms with Gasteiger partial charge in [0, 0.05) is 13.5 Å². The number of fused-ring (bicyclic) bond motifs is 1. The summed E-state index contributed by atoms with van der Waals surface area (Å²) in [7, 11) is 5.47. The molecule has 0 aliphatic carbocycles. The molecule has 1 aliphatic heterocycles. The van der Waals surface area contributed by atoms with Crippen LogP contribution in [0.5, 0.6) is 11.5 Å². The molecule has 0 bridgehead atoms. The number of ether oxygens (including phenoxy) is 2. The number of carbonyl (C=O) groups is 1. The predicted molar refractivity (Wildman–Crippen MR) is 98.3 cm³/mol. The Labute approximate surface area is 159 Å². The molecule has 1 atom stereocenters. The molecule has 0 spiro atoms. The van der Waals surface area contributed by atoms with E-state index in [4.69, 9.17) is 14.0 Å². The van der Waals surface area contributed by atoms with Crippen molar-refractivity contribution >= 4 is 5.91 Å². The molecular formula is C19H26N4O4. The highest BCUT2D eigenvalue weighted by molar-refractivity contribution is 5.83. The van der Waals surface area contributed by atoms with Crippen molar-refractivity contribution in [2.75, 3.05) is 27.9 Å². The lowest BCUT2D eigenvalue weighted by atomic mass is 10.0. The van der Waals surface area contributed by atoms with Crippen LogP contribution >= 0.6 is 0 Å². The largest absolute Gasteiger partial charge is 0.454 e. The van der Waals surface area contributed by atoms with E-state index in [1.54, 1.807) is 11.9 Å². The van der Waals surface area contributed by atoms with E-state index >= 15 is 0 Å². The maximum atomic E-state index is 13.1. The number of benzene rings is 1. The van der Waals surface area contributed by atoms with Gasteiger partial charge in [-0.25, -0.2) is 0 Å². The average molecular weight is 374 g/mol. The number of amides is 1. The van der Waals surface area contributed by atoms with Gasteiger partial charge in [0.2, 0.25) is 18.6 Å². The summed E-state index contributed by atoms with van der Waals surface area (Å²) in [6.07, 6.45) is 0.749. The third-order valence-electron chi connectivity index (χ3n) is 4.31. The van der Waals surface area contributed by atoms with Crippen LogP contribution in [0.3, 0.4) is 0 Å². The van der Waals surface area contributed by atoms with E-state index in [1.165, 1.54) is 0 Å².